The minimum Gasteiger partial charge on any atom is -0.497 e. The zero-order valence-electron chi connectivity index (χ0n) is 15.9. The zero-order chi connectivity index (χ0) is 18.7. The van der Waals surface area contributed by atoms with E-state index in [1.165, 1.54) is 16.6 Å². The molecule has 0 amide bonds. The lowest BCUT2D eigenvalue weighted by atomic mass is 10.1. The van der Waals surface area contributed by atoms with Gasteiger partial charge in [0.05, 0.1) is 13.7 Å². The summed E-state index contributed by atoms with van der Waals surface area (Å²) in [6.45, 7) is 7.99. The number of methoxy groups -OCH3 is 1. The Morgan fingerprint density at radius 2 is 1.73 bits per heavy atom. The third-order valence-corrected chi connectivity index (χ3v) is 4.74. The first kappa shape index (κ1) is 18.3. The molecule has 3 aromatic rings. The molecule has 0 spiro atoms. The van der Waals surface area contributed by atoms with Gasteiger partial charge >= 0.3 is 0 Å². The highest BCUT2D eigenvalue weighted by Crippen LogP contribution is 2.19. The van der Waals surface area contributed by atoms with Crippen molar-refractivity contribution in [1.82, 2.24) is 4.57 Å². The molecule has 1 atom stereocenters. The molecule has 2 aromatic carbocycles. The number of hydrogen-bond acceptors (Lipinski definition) is 3. The third-order valence-electron chi connectivity index (χ3n) is 4.74. The van der Waals surface area contributed by atoms with Gasteiger partial charge in [0.2, 0.25) is 6.33 Å². The van der Waals surface area contributed by atoms with Gasteiger partial charge in [-0.3, -0.25) is 0 Å². The van der Waals surface area contributed by atoms with Crippen LogP contribution in [0.4, 0.5) is 0 Å². The van der Waals surface area contributed by atoms with Crippen LogP contribution in [0.5, 0.6) is 11.5 Å². The van der Waals surface area contributed by atoms with E-state index < -0.39 is 6.10 Å². The second kappa shape index (κ2) is 7.79. The third kappa shape index (κ3) is 3.83. The summed E-state index contributed by atoms with van der Waals surface area (Å²) in [6.07, 6.45) is 1.47. The first-order chi connectivity index (χ1) is 12.5. The summed E-state index contributed by atoms with van der Waals surface area (Å²) < 4.78 is 15.1. The molecular weight excluding hydrogens is 328 g/mol. The summed E-state index contributed by atoms with van der Waals surface area (Å²) in [5.74, 6) is 1.50. The largest absolute Gasteiger partial charge is 0.497 e. The molecule has 5 heteroatoms. The Kier molecular flexibility index (Phi) is 5.47. The van der Waals surface area contributed by atoms with Gasteiger partial charge in [0.15, 0.2) is 11.0 Å². The van der Waals surface area contributed by atoms with Gasteiger partial charge in [0.25, 0.3) is 0 Å². The number of aliphatic hydroxyl groups is 1. The van der Waals surface area contributed by atoms with Crippen LogP contribution in [0.25, 0.3) is 11.0 Å². The predicted molar refractivity (Wildman–Crippen MR) is 102 cm³/mol. The Morgan fingerprint density at radius 3 is 2.38 bits per heavy atom. The number of aliphatic hydroxyl groups excluding tert-OH is 1. The molecular formula is C21H27N2O3+. The van der Waals surface area contributed by atoms with Crippen molar-refractivity contribution in [3.8, 4) is 11.5 Å². The number of imidazole rings is 1. The Hall–Kier alpha value is -2.53. The van der Waals surface area contributed by atoms with E-state index in [2.05, 4.69) is 48.4 Å². The molecule has 0 bridgehead atoms. The molecule has 1 N–H and O–H groups in total. The lowest BCUT2D eigenvalue weighted by Gasteiger charge is -2.11. The average Bonchev–Trinajstić information content (AvgIpc) is 2.97. The summed E-state index contributed by atoms with van der Waals surface area (Å²) in [5.41, 5.74) is 4.86. The number of benzene rings is 2. The van der Waals surface area contributed by atoms with Crippen LogP contribution in [-0.2, 0) is 13.1 Å². The molecule has 1 aromatic heterocycles. The van der Waals surface area contributed by atoms with Crippen molar-refractivity contribution in [2.24, 2.45) is 0 Å². The molecule has 0 radical (unpaired) electrons. The van der Waals surface area contributed by atoms with Crippen molar-refractivity contribution in [1.29, 1.82) is 0 Å². The number of aryl methyl sites for hydroxylation is 3. The normalized spacial score (nSPS) is 12.3. The average molecular weight is 355 g/mol. The van der Waals surface area contributed by atoms with Gasteiger partial charge in [-0.1, -0.05) is 0 Å². The van der Waals surface area contributed by atoms with E-state index in [9.17, 15) is 5.11 Å². The highest BCUT2D eigenvalue weighted by atomic mass is 16.5. The molecule has 1 heterocycles. The quantitative estimate of drug-likeness (QED) is 0.663. The second-order valence-corrected chi connectivity index (χ2v) is 6.62. The van der Waals surface area contributed by atoms with E-state index in [1.807, 2.05) is 24.3 Å². The fraction of sp³-hybridized carbons (Fsp3) is 0.381. The number of aromatic nitrogens is 2. The SMILES string of the molecule is CCn1c[n+](CC(O)COc2ccc(OC)cc2)c2cc(C)c(C)cc21. The van der Waals surface area contributed by atoms with Crippen LogP contribution in [0, 0.1) is 13.8 Å². The Balaban J connectivity index is 1.72. The van der Waals surface area contributed by atoms with E-state index in [0.29, 0.717) is 6.54 Å². The van der Waals surface area contributed by atoms with E-state index in [-0.39, 0.29) is 6.61 Å². The molecule has 1 unspecified atom stereocenters. The van der Waals surface area contributed by atoms with Crippen LogP contribution < -0.4 is 14.0 Å². The lowest BCUT2D eigenvalue weighted by molar-refractivity contribution is -0.679. The van der Waals surface area contributed by atoms with Gasteiger partial charge in [-0.2, -0.15) is 0 Å². The van der Waals surface area contributed by atoms with Gasteiger partial charge in [-0.05, 0) is 68.3 Å². The predicted octanol–water partition coefficient (Wildman–Crippen LogP) is 3.01. The summed E-state index contributed by atoms with van der Waals surface area (Å²) >= 11 is 0. The van der Waals surface area contributed by atoms with Crippen molar-refractivity contribution in [3.05, 3.63) is 53.9 Å². The maximum absolute atomic E-state index is 10.5. The van der Waals surface area contributed by atoms with Gasteiger partial charge in [-0.15, -0.1) is 0 Å². The van der Waals surface area contributed by atoms with Crippen molar-refractivity contribution in [2.45, 2.75) is 40.0 Å². The Labute approximate surface area is 154 Å². The maximum atomic E-state index is 10.5. The van der Waals surface area contributed by atoms with Crippen molar-refractivity contribution >= 4 is 11.0 Å². The highest BCUT2D eigenvalue weighted by molar-refractivity contribution is 5.74. The molecule has 0 saturated carbocycles. The molecule has 26 heavy (non-hydrogen) atoms. The summed E-state index contributed by atoms with van der Waals surface area (Å²) in [6, 6.07) is 11.8. The van der Waals surface area contributed by atoms with Crippen molar-refractivity contribution in [3.63, 3.8) is 0 Å². The van der Waals surface area contributed by atoms with Crippen LogP contribution in [0.1, 0.15) is 18.1 Å². The zero-order valence-corrected chi connectivity index (χ0v) is 15.9. The van der Waals surface area contributed by atoms with Crippen LogP contribution in [0.2, 0.25) is 0 Å². The molecule has 0 aliphatic carbocycles. The number of hydrogen-bond donors (Lipinski definition) is 1. The van der Waals surface area contributed by atoms with Gasteiger partial charge < -0.3 is 14.6 Å². The first-order valence-electron chi connectivity index (χ1n) is 8.96. The molecule has 3 rings (SSSR count). The number of fused-ring (bicyclic) bond motifs is 1. The summed E-state index contributed by atoms with van der Waals surface area (Å²) in [7, 11) is 1.63. The maximum Gasteiger partial charge on any atom is 0.244 e. The van der Waals surface area contributed by atoms with Gasteiger partial charge in [0.1, 0.15) is 30.8 Å². The van der Waals surface area contributed by atoms with Crippen molar-refractivity contribution in [2.75, 3.05) is 13.7 Å². The van der Waals surface area contributed by atoms with Gasteiger partial charge in [-0.25, -0.2) is 9.13 Å². The monoisotopic (exact) mass is 355 g/mol. The molecule has 138 valence electrons. The van der Waals surface area contributed by atoms with E-state index in [0.717, 1.165) is 23.6 Å². The van der Waals surface area contributed by atoms with Crippen LogP contribution in [0.3, 0.4) is 0 Å². The van der Waals surface area contributed by atoms with Crippen LogP contribution in [-0.4, -0.2) is 29.5 Å². The fourth-order valence-corrected chi connectivity index (χ4v) is 3.08. The molecule has 0 aliphatic rings. The second-order valence-electron chi connectivity index (χ2n) is 6.62. The van der Waals surface area contributed by atoms with E-state index in [4.69, 9.17) is 9.47 Å². The van der Waals surface area contributed by atoms with E-state index >= 15 is 0 Å². The number of rotatable bonds is 7. The summed E-state index contributed by atoms with van der Waals surface area (Å²) in [4.78, 5) is 0. The Morgan fingerprint density at radius 1 is 1.08 bits per heavy atom. The molecule has 0 aliphatic heterocycles. The lowest BCUT2D eigenvalue weighted by Crippen LogP contribution is -2.41. The van der Waals surface area contributed by atoms with Crippen LogP contribution in [0.15, 0.2) is 42.7 Å². The summed E-state index contributed by atoms with van der Waals surface area (Å²) in [5, 5.41) is 10.5. The van der Waals surface area contributed by atoms with E-state index in [1.54, 1.807) is 7.11 Å². The molecule has 0 fully saturated rings. The van der Waals surface area contributed by atoms with Gasteiger partial charge in [0, 0.05) is 0 Å². The van der Waals surface area contributed by atoms with Crippen molar-refractivity contribution < 1.29 is 19.1 Å². The standard InChI is InChI=1S/C21H27N2O3/c1-5-22-14-23(21-11-16(3)15(2)10-20(21)22)12-17(24)13-26-19-8-6-18(25-4)7-9-19/h6-11,14,17,24H,5,12-13H2,1-4H3/q+1. The fourth-order valence-electron chi connectivity index (χ4n) is 3.08. The Bertz CT molecular complexity index is 884. The first-order valence-corrected chi connectivity index (χ1v) is 8.96. The number of ether oxygens (including phenoxy) is 2. The smallest absolute Gasteiger partial charge is 0.244 e. The topological polar surface area (TPSA) is 47.5 Å². The highest BCUT2D eigenvalue weighted by Gasteiger charge is 2.19. The van der Waals surface area contributed by atoms with Crippen LogP contribution >= 0.6 is 0 Å². The molecule has 5 nitrogen and oxygen atoms in total. The minimum absolute atomic E-state index is 0.239. The minimum atomic E-state index is -0.598. The number of nitrogens with zero attached hydrogens (tertiary/aromatic N) is 2. The molecule has 0 saturated heterocycles.